The Morgan fingerprint density at radius 3 is 2.88 bits per heavy atom. The Bertz CT molecular complexity index is 318. The van der Waals surface area contributed by atoms with Crippen molar-refractivity contribution in [2.75, 3.05) is 19.8 Å². The molecule has 0 aliphatic heterocycles. The summed E-state index contributed by atoms with van der Waals surface area (Å²) in [6.07, 6.45) is 0.555. The van der Waals surface area contributed by atoms with E-state index in [2.05, 4.69) is 5.32 Å². The van der Waals surface area contributed by atoms with Gasteiger partial charge in [0.1, 0.15) is 11.6 Å². The van der Waals surface area contributed by atoms with Gasteiger partial charge in [-0.05, 0) is 24.2 Å². The molecule has 16 heavy (non-hydrogen) atoms. The molecule has 0 saturated carbocycles. The highest BCUT2D eigenvalue weighted by atomic mass is 19.1. The van der Waals surface area contributed by atoms with E-state index >= 15 is 0 Å². The van der Waals surface area contributed by atoms with Crippen molar-refractivity contribution in [2.45, 2.75) is 19.9 Å². The molecular weight excluding hydrogens is 209 g/mol. The van der Waals surface area contributed by atoms with Crippen LogP contribution in [0.2, 0.25) is 0 Å². The Morgan fingerprint density at radius 1 is 1.38 bits per heavy atom. The van der Waals surface area contributed by atoms with E-state index in [1.54, 1.807) is 0 Å². The van der Waals surface area contributed by atoms with Crippen LogP contribution in [0.15, 0.2) is 18.2 Å². The Balaban J connectivity index is 2.58. The van der Waals surface area contributed by atoms with Crippen molar-refractivity contribution in [2.24, 2.45) is 0 Å². The SMILES string of the molecule is CCNCc1cc(F)cc(OCCCO)c1. The maximum atomic E-state index is 13.2. The third-order valence-electron chi connectivity index (χ3n) is 2.08. The molecule has 2 N–H and O–H groups in total. The van der Waals surface area contributed by atoms with Gasteiger partial charge >= 0.3 is 0 Å². The predicted octanol–water partition coefficient (Wildman–Crippen LogP) is 1.70. The van der Waals surface area contributed by atoms with Crippen molar-refractivity contribution in [1.29, 1.82) is 0 Å². The molecule has 0 aromatic heterocycles. The summed E-state index contributed by atoms with van der Waals surface area (Å²) < 4.78 is 18.5. The highest BCUT2D eigenvalue weighted by Crippen LogP contribution is 2.16. The van der Waals surface area contributed by atoms with Crippen molar-refractivity contribution in [3.8, 4) is 5.75 Å². The highest BCUT2D eigenvalue weighted by molar-refractivity contribution is 5.29. The van der Waals surface area contributed by atoms with Crippen molar-refractivity contribution < 1.29 is 14.2 Å². The summed E-state index contributed by atoms with van der Waals surface area (Å²) in [5.41, 5.74) is 0.862. The Morgan fingerprint density at radius 2 is 2.19 bits per heavy atom. The largest absolute Gasteiger partial charge is 0.493 e. The molecule has 0 bridgehead atoms. The topological polar surface area (TPSA) is 41.5 Å². The van der Waals surface area contributed by atoms with Crippen LogP contribution in [0.3, 0.4) is 0 Å². The summed E-state index contributed by atoms with van der Waals surface area (Å²) in [6, 6.07) is 4.65. The van der Waals surface area contributed by atoms with E-state index in [1.807, 2.05) is 13.0 Å². The number of aliphatic hydroxyl groups excluding tert-OH is 1. The number of hydrogen-bond acceptors (Lipinski definition) is 3. The first-order valence-corrected chi connectivity index (χ1v) is 5.50. The van der Waals surface area contributed by atoms with Gasteiger partial charge in [0.05, 0.1) is 6.61 Å². The van der Waals surface area contributed by atoms with Gasteiger partial charge in [0.25, 0.3) is 0 Å². The van der Waals surface area contributed by atoms with Crippen LogP contribution in [-0.2, 0) is 6.54 Å². The van der Waals surface area contributed by atoms with Crippen molar-refractivity contribution in [1.82, 2.24) is 5.32 Å². The lowest BCUT2D eigenvalue weighted by Crippen LogP contribution is -2.12. The third kappa shape index (κ3) is 4.59. The predicted molar refractivity (Wildman–Crippen MR) is 61.0 cm³/mol. The van der Waals surface area contributed by atoms with Crippen LogP contribution < -0.4 is 10.1 Å². The molecule has 1 aromatic rings. The zero-order valence-corrected chi connectivity index (χ0v) is 9.50. The van der Waals surface area contributed by atoms with E-state index in [0.717, 1.165) is 12.1 Å². The normalized spacial score (nSPS) is 10.4. The first-order chi connectivity index (χ1) is 7.76. The summed E-state index contributed by atoms with van der Waals surface area (Å²) in [5, 5.41) is 11.7. The smallest absolute Gasteiger partial charge is 0.127 e. The number of hydrogen-bond donors (Lipinski definition) is 2. The Hall–Kier alpha value is -1.13. The van der Waals surface area contributed by atoms with E-state index in [9.17, 15) is 4.39 Å². The molecule has 4 heteroatoms. The standard InChI is InChI=1S/C12H18FNO2/c1-2-14-9-10-6-11(13)8-12(7-10)16-5-3-4-15/h6-8,14-15H,2-5,9H2,1H3. The fraction of sp³-hybridized carbons (Fsp3) is 0.500. The van der Waals surface area contributed by atoms with Crippen LogP contribution >= 0.6 is 0 Å². The Labute approximate surface area is 95.2 Å². The molecule has 0 amide bonds. The zero-order valence-electron chi connectivity index (χ0n) is 9.50. The van der Waals surface area contributed by atoms with Gasteiger partial charge in [-0.25, -0.2) is 4.39 Å². The second-order valence-corrected chi connectivity index (χ2v) is 3.50. The minimum Gasteiger partial charge on any atom is -0.493 e. The van der Waals surface area contributed by atoms with Gasteiger partial charge in [0, 0.05) is 25.6 Å². The van der Waals surface area contributed by atoms with Gasteiger partial charge in [-0.1, -0.05) is 6.92 Å². The molecule has 1 rings (SSSR count). The first-order valence-electron chi connectivity index (χ1n) is 5.50. The Kier molecular flexibility index (Phi) is 5.82. The first kappa shape index (κ1) is 12.9. The molecule has 3 nitrogen and oxygen atoms in total. The van der Waals surface area contributed by atoms with Gasteiger partial charge in [-0.15, -0.1) is 0 Å². The maximum Gasteiger partial charge on any atom is 0.127 e. The van der Waals surface area contributed by atoms with Crippen LogP contribution in [0.25, 0.3) is 0 Å². The van der Waals surface area contributed by atoms with Crippen LogP contribution in [0.4, 0.5) is 4.39 Å². The number of halogens is 1. The third-order valence-corrected chi connectivity index (χ3v) is 2.08. The van der Waals surface area contributed by atoms with E-state index in [0.29, 0.717) is 25.3 Å². The molecule has 0 saturated heterocycles. The average Bonchev–Trinajstić information content (AvgIpc) is 2.26. The van der Waals surface area contributed by atoms with Crippen molar-refractivity contribution >= 4 is 0 Å². The highest BCUT2D eigenvalue weighted by Gasteiger charge is 2.01. The lowest BCUT2D eigenvalue weighted by molar-refractivity contribution is 0.233. The minimum atomic E-state index is -0.297. The van der Waals surface area contributed by atoms with Crippen LogP contribution in [0, 0.1) is 5.82 Å². The molecular formula is C12H18FNO2. The van der Waals surface area contributed by atoms with Crippen LogP contribution in [-0.4, -0.2) is 24.9 Å². The van der Waals surface area contributed by atoms with Crippen molar-refractivity contribution in [3.05, 3.63) is 29.6 Å². The second-order valence-electron chi connectivity index (χ2n) is 3.50. The van der Waals surface area contributed by atoms with E-state index in [1.165, 1.54) is 12.1 Å². The fourth-order valence-corrected chi connectivity index (χ4v) is 1.33. The molecule has 1 aromatic carbocycles. The molecule has 0 atom stereocenters. The monoisotopic (exact) mass is 227 g/mol. The van der Waals surface area contributed by atoms with E-state index < -0.39 is 0 Å². The van der Waals surface area contributed by atoms with E-state index in [4.69, 9.17) is 9.84 Å². The summed E-state index contributed by atoms with van der Waals surface area (Å²) in [7, 11) is 0. The van der Waals surface area contributed by atoms with Crippen molar-refractivity contribution in [3.63, 3.8) is 0 Å². The fourth-order valence-electron chi connectivity index (χ4n) is 1.33. The molecule has 0 fully saturated rings. The number of rotatable bonds is 7. The van der Waals surface area contributed by atoms with Gasteiger partial charge in [-0.2, -0.15) is 0 Å². The average molecular weight is 227 g/mol. The number of benzene rings is 1. The summed E-state index contributed by atoms with van der Waals surface area (Å²) in [6.45, 7) is 3.96. The molecule has 0 heterocycles. The molecule has 0 unspecified atom stereocenters. The summed E-state index contributed by atoms with van der Waals surface area (Å²) >= 11 is 0. The van der Waals surface area contributed by atoms with E-state index in [-0.39, 0.29) is 12.4 Å². The van der Waals surface area contributed by atoms with Crippen LogP contribution in [0.1, 0.15) is 18.9 Å². The second kappa shape index (κ2) is 7.19. The summed E-state index contributed by atoms with van der Waals surface area (Å²) in [5.74, 6) is 0.218. The molecule has 0 radical (unpaired) electrons. The molecule has 0 aliphatic rings. The number of ether oxygens (including phenoxy) is 1. The van der Waals surface area contributed by atoms with Gasteiger partial charge in [-0.3, -0.25) is 0 Å². The van der Waals surface area contributed by atoms with Gasteiger partial charge in [0.2, 0.25) is 0 Å². The van der Waals surface area contributed by atoms with Gasteiger partial charge < -0.3 is 15.2 Å². The number of nitrogens with one attached hydrogen (secondary N) is 1. The minimum absolute atomic E-state index is 0.0829. The molecule has 90 valence electrons. The maximum absolute atomic E-state index is 13.2. The lowest BCUT2D eigenvalue weighted by Gasteiger charge is -2.08. The zero-order chi connectivity index (χ0) is 11.8. The molecule has 0 spiro atoms. The quantitative estimate of drug-likeness (QED) is 0.697. The number of aliphatic hydroxyl groups is 1. The lowest BCUT2D eigenvalue weighted by atomic mass is 10.2. The summed E-state index contributed by atoms with van der Waals surface area (Å²) in [4.78, 5) is 0. The van der Waals surface area contributed by atoms with Gasteiger partial charge in [0.15, 0.2) is 0 Å². The van der Waals surface area contributed by atoms with Crippen LogP contribution in [0.5, 0.6) is 5.75 Å². The molecule has 0 aliphatic carbocycles.